The Labute approximate surface area is 130 Å². The maximum absolute atomic E-state index is 5.57. The van der Waals surface area contributed by atoms with Gasteiger partial charge < -0.3 is 10.1 Å². The minimum absolute atomic E-state index is 0.294. The van der Waals surface area contributed by atoms with Crippen molar-refractivity contribution in [1.82, 2.24) is 5.32 Å². The number of thioether (sulfide) groups is 1. The molecule has 1 N–H and O–H groups in total. The van der Waals surface area contributed by atoms with Crippen LogP contribution in [0.25, 0.3) is 0 Å². The predicted octanol–water partition coefficient (Wildman–Crippen LogP) is 4.24. The number of methoxy groups -OCH3 is 1. The van der Waals surface area contributed by atoms with Gasteiger partial charge in [-0.05, 0) is 24.2 Å². The van der Waals surface area contributed by atoms with E-state index >= 15 is 0 Å². The molecule has 0 aromatic heterocycles. The molecule has 0 saturated carbocycles. The Bertz CT molecular complexity index is 614. The average Bonchev–Trinajstić information content (AvgIpc) is 2.96. The monoisotopic (exact) mass is 299 g/mol. The van der Waals surface area contributed by atoms with E-state index in [0.717, 1.165) is 18.0 Å². The minimum atomic E-state index is 0.294. The summed E-state index contributed by atoms with van der Waals surface area (Å²) in [6, 6.07) is 17.4. The zero-order valence-corrected chi connectivity index (χ0v) is 13.3. The molecule has 0 saturated heterocycles. The van der Waals surface area contributed by atoms with Crippen LogP contribution in [0, 0.1) is 0 Å². The highest BCUT2D eigenvalue weighted by atomic mass is 32.2. The van der Waals surface area contributed by atoms with Gasteiger partial charge in [0.05, 0.1) is 7.11 Å². The van der Waals surface area contributed by atoms with Crippen molar-refractivity contribution < 1.29 is 4.74 Å². The first kappa shape index (κ1) is 14.5. The molecule has 0 aliphatic carbocycles. The van der Waals surface area contributed by atoms with Crippen LogP contribution in [0.4, 0.5) is 0 Å². The third kappa shape index (κ3) is 2.81. The van der Waals surface area contributed by atoms with E-state index in [9.17, 15) is 0 Å². The summed E-state index contributed by atoms with van der Waals surface area (Å²) >= 11 is 1.96. The fourth-order valence-corrected chi connectivity index (χ4v) is 4.37. The first-order valence-corrected chi connectivity index (χ1v) is 8.41. The van der Waals surface area contributed by atoms with Gasteiger partial charge in [0.1, 0.15) is 5.75 Å². The summed E-state index contributed by atoms with van der Waals surface area (Å²) in [4.78, 5) is 1.42. The second-order valence-electron chi connectivity index (χ2n) is 5.23. The fraction of sp³-hybridized carbons (Fsp3) is 0.333. The lowest BCUT2D eigenvalue weighted by molar-refractivity contribution is 0.391. The molecular weight excluding hydrogens is 278 g/mol. The quantitative estimate of drug-likeness (QED) is 0.892. The normalized spacial score (nSPS) is 18.3. The molecule has 2 atom stereocenters. The Morgan fingerprint density at radius 1 is 1.19 bits per heavy atom. The Hall–Kier alpha value is -1.45. The number of likely N-dealkylation sites (N-methyl/N-ethyl adjacent to an activating group) is 1. The number of ether oxygens (including phenoxy) is 1. The number of hydrogen-bond donors (Lipinski definition) is 1. The molecule has 110 valence electrons. The van der Waals surface area contributed by atoms with Gasteiger partial charge >= 0.3 is 0 Å². The molecule has 0 radical (unpaired) electrons. The summed E-state index contributed by atoms with van der Waals surface area (Å²) in [5, 5.41) is 3.66. The Morgan fingerprint density at radius 2 is 1.95 bits per heavy atom. The van der Waals surface area contributed by atoms with Crippen molar-refractivity contribution in [2.75, 3.05) is 19.4 Å². The summed E-state index contributed by atoms with van der Waals surface area (Å²) in [6.07, 6.45) is 0. The van der Waals surface area contributed by atoms with Crippen LogP contribution < -0.4 is 10.1 Å². The molecular formula is C18H21NOS. The zero-order valence-electron chi connectivity index (χ0n) is 12.5. The van der Waals surface area contributed by atoms with E-state index in [1.165, 1.54) is 16.0 Å². The van der Waals surface area contributed by atoms with Crippen LogP contribution in [0.1, 0.15) is 30.0 Å². The lowest BCUT2D eigenvalue weighted by atomic mass is 9.88. The molecule has 1 aliphatic heterocycles. The maximum atomic E-state index is 5.57. The van der Waals surface area contributed by atoms with Crippen LogP contribution in [0.15, 0.2) is 53.4 Å². The van der Waals surface area contributed by atoms with Crippen molar-refractivity contribution in [1.29, 1.82) is 0 Å². The molecule has 21 heavy (non-hydrogen) atoms. The second kappa shape index (κ2) is 6.54. The van der Waals surface area contributed by atoms with Crippen LogP contribution in [0.3, 0.4) is 0 Å². The number of para-hydroxylation sites is 1. The number of rotatable bonds is 5. The van der Waals surface area contributed by atoms with Crippen molar-refractivity contribution >= 4 is 11.8 Å². The van der Waals surface area contributed by atoms with E-state index in [1.807, 2.05) is 23.9 Å². The van der Waals surface area contributed by atoms with Crippen molar-refractivity contribution in [3.05, 3.63) is 59.7 Å². The molecule has 3 heteroatoms. The molecule has 0 spiro atoms. The van der Waals surface area contributed by atoms with E-state index in [2.05, 4.69) is 48.6 Å². The van der Waals surface area contributed by atoms with Crippen molar-refractivity contribution in [2.45, 2.75) is 23.8 Å². The highest BCUT2D eigenvalue weighted by Gasteiger charge is 2.32. The molecule has 2 aromatic rings. The molecule has 1 heterocycles. The van der Waals surface area contributed by atoms with E-state index in [-0.39, 0.29) is 0 Å². The Kier molecular flexibility index (Phi) is 4.51. The predicted molar refractivity (Wildman–Crippen MR) is 89.3 cm³/mol. The Balaban J connectivity index is 2.00. The van der Waals surface area contributed by atoms with E-state index in [1.54, 1.807) is 7.11 Å². The third-order valence-electron chi connectivity index (χ3n) is 4.04. The topological polar surface area (TPSA) is 21.3 Å². The number of fused-ring (bicyclic) bond motifs is 1. The number of hydrogen-bond acceptors (Lipinski definition) is 3. The van der Waals surface area contributed by atoms with E-state index in [0.29, 0.717) is 12.0 Å². The smallest absolute Gasteiger partial charge is 0.123 e. The van der Waals surface area contributed by atoms with Crippen LogP contribution in [0.2, 0.25) is 0 Å². The molecule has 0 bridgehead atoms. The van der Waals surface area contributed by atoms with E-state index in [4.69, 9.17) is 4.74 Å². The largest absolute Gasteiger partial charge is 0.496 e. The van der Waals surface area contributed by atoms with Gasteiger partial charge in [-0.1, -0.05) is 43.3 Å². The summed E-state index contributed by atoms with van der Waals surface area (Å²) < 4.78 is 5.57. The van der Waals surface area contributed by atoms with Crippen molar-refractivity contribution in [2.24, 2.45) is 0 Å². The summed E-state index contributed by atoms with van der Waals surface area (Å²) in [6.45, 7) is 3.11. The zero-order chi connectivity index (χ0) is 14.7. The van der Waals surface area contributed by atoms with Gasteiger partial charge in [0.25, 0.3) is 0 Å². The van der Waals surface area contributed by atoms with Crippen LogP contribution in [0.5, 0.6) is 5.75 Å². The van der Waals surface area contributed by atoms with Crippen molar-refractivity contribution in [3.8, 4) is 5.75 Å². The highest BCUT2D eigenvalue weighted by molar-refractivity contribution is 7.99. The number of nitrogens with one attached hydrogen (secondary N) is 1. The van der Waals surface area contributed by atoms with Crippen LogP contribution in [-0.4, -0.2) is 19.4 Å². The molecule has 3 rings (SSSR count). The van der Waals surface area contributed by atoms with Crippen molar-refractivity contribution in [3.63, 3.8) is 0 Å². The third-order valence-corrected chi connectivity index (χ3v) is 5.25. The van der Waals surface area contributed by atoms with Crippen LogP contribution in [-0.2, 0) is 0 Å². The lowest BCUT2D eigenvalue weighted by Crippen LogP contribution is -2.27. The average molecular weight is 299 g/mol. The van der Waals surface area contributed by atoms with Crippen LogP contribution >= 0.6 is 11.8 Å². The van der Waals surface area contributed by atoms with Gasteiger partial charge in [0, 0.05) is 28.2 Å². The standard InChI is InChI=1S/C18H21NOS/c1-3-19-18(14-9-4-6-10-16(14)20-2)15-12-21-17-11-7-5-8-13(15)17/h4-11,15,18-19H,3,12H2,1-2H3. The lowest BCUT2D eigenvalue weighted by Gasteiger charge is -2.26. The van der Waals surface area contributed by atoms with Gasteiger partial charge in [-0.2, -0.15) is 0 Å². The second-order valence-corrected chi connectivity index (χ2v) is 6.29. The van der Waals surface area contributed by atoms with Gasteiger partial charge in [-0.25, -0.2) is 0 Å². The minimum Gasteiger partial charge on any atom is -0.496 e. The molecule has 1 aliphatic rings. The molecule has 2 nitrogen and oxygen atoms in total. The SMILES string of the molecule is CCNC(c1ccccc1OC)C1CSc2ccccc21. The van der Waals surface area contributed by atoms with Gasteiger partial charge in [-0.3, -0.25) is 0 Å². The van der Waals surface area contributed by atoms with Gasteiger partial charge in [0.15, 0.2) is 0 Å². The molecule has 0 amide bonds. The maximum Gasteiger partial charge on any atom is 0.123 e. The highest BCUT2D eigenvalue weighted by Crippen LogP contribution is 2.46. The van der Waals surface area contributed by atoms with Gasteiger partial charge in [0.2, 0.25) is 0 Å². The number of benzene rings is 2. The molecule has 0 fully saturated rings. The van der Waals surface area contributed by atoms with Gasteiger partial charge in [-0.15, -0.1) is 11.8 Å². The Morgan fingerprint density at radius 3 is 2.76 bits per heavy atom. The summed E-state index contributed by atoms with van der Waals surface area (Å²) in [5.74, 6) is 2.58. The first-order valence-electron chi connectivity index (χ1n) is 7.43. The molecule has 2 aromatic carbocycles. The van der Waals surface area contributed by atoms with E-state index < -0.39 is 0 Å². The first-order chi connectivity index (χ1) is 10.3. The summed E-state index contributed by atoms with van der Waals surface area (Å²) in [5.41, 5.74) is 2.71. The fourth-order valence-electron chi connectivity index (χ4n) is 3.08. The molecule has 2 unspecified atom stereocenters. The summed E-state index contributed by atoms with van der Waals surface area (Å²) in [7, 11) is 1.75.